The number of benzene rings is 1. The van der Waals surface area contributed by atoms with Crippen molar-refractivity contribution in [3.8, 4) is 0 Å². The number of likely N-dealkylation sites (tertiary alicyclic amines) is 1. The topological polar surface area (TPSA) is 36.4 Å². The van der Waals surface area contributed by atoms with Crippen LogP contribution in [0.2, 0.25) is 0 Å². The third-order valence-electron chi connectivity index (χ3n) is 4.88. The van der Waals surface area contributed by atoms with E-state index in [-0.39, 0.29) is 11.9 Å². The van der Waals surface area contributed by atoms with E-state index in [2.05, 4.69) is 54.3 Å². The molecule has 0 aliphatic carbocycles. The molecular weight excluding hydrogens is 310 g/mol. The highest BCUT2D eigenvalue weighted by atomic mass is 16.2. The van der Waals surface area contributed by atoms with Crippen molar-refractivity contribution in [1.82, 2.24) is 14.8 Å². The van der Waals surface area contributed by atoms with Gasteiger partial charge in [0.2, 0.25) is 5.91 Å². The molecule has 1 fully saturated rings. The second-order valence-electron chi connectivity index (χ2n) is 7.13. The van der Waals surface area contributed by atoms with Gasteiger partial charge in [-0.25, -0.2) is 0 Å². The Hall–Kier alpha value is -2.20. The first kappa shape index (κ1) is 17.6. The number of pyridine rings is 1. The Morgan fingerprint density at radius 3 is 2.68 bits per heavy atom. The molecule has 1 aliphatic heterocycles. The average molecular weight is 337 g/mol. The van der Waals surface area contributed by atoms with Crippen molar-refractivity contribution in [3.63, 3.8) is 0 Å². The Morgan fingerprint density at radius 2 is 1.96 bits per heavy atom. The smallest absolute Gasteiger partial charge is 0.236 e. The lowest BCUT2D eigenvalue weighted by Crippen LogP contribution is -2.36. The van der Waals surface area contributed by atoms with E-state index >= 15 is 0 Å². The molecule has 1 aliphatic rings. The maximum atomic E-state index is 12.1. The number of hydrogen-bond donors (Lipinski definition) is 0. The van der Waals surface area contributed by atoms with E-state index in [1.54, 1.807) is 4.90 Å². The maximum Gasteiger partial charge on any atom is 0.236 e. The first-order valence-corrected chi connectivity index (χ1v) is 8.98. The third kappa shape index (κ3) is 4.45. The number of carbonyl (C=O) groups excluding carboxylic acids is 1. The Balaban J connectivity index is 1.73. The highest BCUT2D eigenvalue weighted by molar-refractivity contribution is 5.77. The highest BCUT2D eigenvalue weighted by Crippen LogP contribution is 2.30. The predicted molar refractivity (Wildman–Crippen MR) is 100 cm³/mol. The highest BCUT2D eigenvalue weighted by Gasteiger charge is 2.29. The van der Waals surface area contributed by atoms with Crippen molar-refractivity contribution in [2.75, 3.05) is 27.2 Å². The van der Waals surface area contributed by atoms with E-state index in [1.165, 1.54) is 11.1 Å². The van der Waals surface area contributed by atoms with Crippen LogP contribution in [0.4, 0.5) is 0 Å². The van der Waals surface area contributed by atoms with Gasteiger partial charge < -0.3 is 4.90 Å². The Morgan fingerprint density at radius 1 is 1.20 bits per heavy atom. The molecule has 3 rings (SSSR count). The zero-order chi connectivity index (χ0) is 17.8. The van der Waals surface area contributed by atoms with Gasteiger partial charge in [-0.2, -0.15) is 0 Å². The summed E-state index contributed by atoms with van der Waals surface area (Å²) in [5.41, 5.74) is 4.74. The van der Waals surface area contributed by atoms with Gasteiger partial charge >= 0.3 is 0 Å². The van der Waals surface area contributed by atoms with E-state index in [9.17, 15) is 4.79 Å². The molecule has 25 heavy (non-hydrogen) atoms. The average Bonchev–Trinajstić information content (AvgIpc) is 3.05. The molecule has 0 spiro atoms. The molecule has 1 saturated heterocycles. The molecular formula is C21H27N3O. The van der Waals surface area contributed by atoms with Crippen molar-refractivity contribution in [3.05, 3.63) is 65.0 Å². The van der Waals surface area contributed by atoms with Crippen LogP contribution in [0.15, 0.2) is 42.5 Å². The fourth-order valence-corrected chi connectivity index (χ4v) is 3.36. The van der Waals surface area contributed by atoms with Gasteiger partial charge in [-0.3, -0.25) is 14.7 Å². The summed E-state index contributed by atoms with van der Waals surface area (Å²) in [6.45, 7) is 3.54. The van der Waals surface area contributed by atoms with Gasteiger partial charge in [0.15, 0.2) is 0 Å². The van der Waals surface area contributed by atoms with Crippen LogP contribution in [0.1, 0.15) is 41.4 Å². The molecule has 132 valence electrons. The van der Waals surface area contributed by atoms with Crippen molar-refractivity contribution >= 4 is 5.91 Å². The number of nitrogens with zero attached hydrogens (tertiary/aromatic N) is 3. The number of amides is 1. The number of hydrogen-bond acceptors (Lipinski definition) is 3. The molecule has 1 aromatic heterocycles. The molecule has 2 aromatic rings. The maximum absolute atomic E-state index is 12.1. The van der Waals surface area contributed by atoms with E-state index < -0.39 is 0 Å². The van der Waals surface area contributed by atoms with Crippen LogP contribution in [0.5, 0.6) is 0 Å². The van der Waals surface area contributed by atoms with Crippen molar-refractivity contribution in [2.24, 2.45) is 0 Å². The first-order chi connectivity index (χ1) is 12.0. The molecule has 1 unspecified atom stereocenters. The predicted octanol–water partition coefficient (Wildman–Crippen LogP) is 3.21. The van der Waals surface area contributed by atoms with Gasteiger partial charge in [-0.05, 0) is 44.0 Å². The molecule has 0 saturated carbocycles. The fraction of sp³-hybridized carbons (Fsp3) is 0.429. The van der Waals surface area contributed by atoms with E-state index in [0.717, 1.165) is 37.2 Å². The molecule has 4 nitrogen and oxygen atoms in total. The van der Waals surface area contributed by atoms with Crippen LogP contribution >= 0.6 is 0 Å². The van der Waals surface area contributed by atoms with Crippen LogP contribution in [-0.2, 0) is 11.2 Å². The minimum atomic E-state index is 0.155. The second-order valence-corrected chi connectivity index (χ2v) is 7.13. The van der Waals surface area contributed by atoms with E-state index in [4.69, 9.17) is 4.98 Å². The molecule has 0 radical (unpaired) electrons. The fourth-order valence-electron chi connectivity index (χ4n) is 3.36. The quantitative estimate of drug-likeness (QED) is 0.841. The lowest BCUT2D eigenvalue weighted by molar-refractivity contribution is -0.130. The zero-order valence-electron chi connectivity index (χ0n) is 15.4. The summed E-state index contributed by atoms with van der Waals surface area (Å²) in [5.74, 6) is 0.155. The largest absolute Gasteiger partial charge is 0.348 e. The lowest BCUT2D eigenvalue weighted by Gasteiger charge is -2.25. The molecule has 2 heterocycles. The summed E-state index contributed by atoms with van der Waals surface area (Å²) in [6, 6.07) is 15.2. The number of likely N-dealkylation sites (N-methyl/N-ethyl adjacent to an activating group) is 1. The summed E-state index contributed by atoms with van der Waals surface area (Å²) >= 11 is 0. The molecule has 0 N–H and O–H groups in total. The Kier molecular flexibility index (Phi) is 5.49. The van der Waals surface area contributed by atoms with Gasteiger partial charge in [0.05, 0.1) is 18.3 Å². The molecule has 1 amide bonds. The van der Waals surface area contributed by atoms with Crippen LogP contribution < -0.4 is 0 Å². The van der Waals surface area contributed by atoms with E-state index in [0.29, 0.717) is 6.54 Å². The summed E-state index contributed by atoms with van der Waals surface area (Å²) in [4.78, 5) is 20.9. The number of aromatic nitrogens is 1. The van der Waals surface area contributed by atoms with Gasteiger partial charge in [0.1, 0.15) is 0 Å². The molecule has 0 bridgehead atoms. The van der Waals surface area contributed by atoms with Crippen molar-refractivity contribution in [2.45, 2.75) is 32.2 Å². The minimum Gasteiger partial charge on any atom is -0.348 e. The standard InChI is InChI=1S/C21H27N3O/c1-16-9-11-17(12-10-16)14-18-6-4-7-19(22-18)20-8-5-13-24(20)15-21(25)23(2)3/h4,6-7,9-12,20H,5,8,13-15H2,1-3H3. The number of rotatable bonds is 5. The number of aryl methyl sites for hydroxylation is 1. The molecule has 1 aromatic carbocycles. The van der Waals surface area contributed by atoms with Crippen LogP contribution in [0.3, 0.4) is 0 Å². The SMILES string of the molecule is Cc1ccc(Cc2cccc(C3CCCN3CC(=O)N(C)C)n2)cc1. The molecule has 1 atom stereocenters. The Bertz CT molecular complexity index is 724. The minimum absolute atomic E-state index is 0.155. The lowest BCUT2D eigenvalue weighted by atomic mass is 10.1. The Labute approximate surface area is 150 Å². The van der Waals surface area contributed by atoms with Gasteiger partial charge in [0, 0.05) is 26.2 Å². The summed E-state index contributed by atoms with van der Waals surface area (Å²) < 4.78 is 0. The first-order valence-electron chi connectivity index (χ1n) is 8.98. The van der Waals surface area contributed by atoms with E-state index in [1.807, 2.05) is 14.1 Å². The number of carbonyl (C=O) groups is 1. The van der Waals surface area contributed by atoms with Gasteiger partial charge in [-0.1, -0.05) is 35.9 Å². The van der Waals surface area contributed by atoms with Crippen LogP contribution in [0, 0.1) is 6.92 Å². The van der Waals surface area contributed by atoms with Gasteiger partial charge in [0.25, 0.3) is 0 Å². The summed E-state index contributed by atoms with van der Waals surface area (Å²) in [5, 5.41) is 0. The molecule has 4 heteroatoms. The van der Waals surface area contributed by atoms with Crippen LogP contribution in [0.25, 0.3) is 0 Å². The van der Waals surface area contributed by atoms with Gasteiger partial charge in [-0.15, -0.1) is 0 Å². The van der Waals surface area contributed by atoms with Crippen molar-refractivity contribution in [1.29, 1.82) is 0 Å². The third-order valence-corrected chi connectivity index (χ3v) is 4.88. The summed E-state index contributed by atoms with van der Waals surface area (Å²) in [7, 11) is 3.63. The zero-order valence-corrected chi connectivity index (χ0v) is 15.4. The van der Waals surface area contributed by atoms with Crippen LogP contribution in [-0.4, -0.2) is 47.9 Å². The van der Waals surface area contributed by atoms with Crippen molar-refractivity contribution < 1.29 is 4.79 Å². The monoisotopic (exact) mass is 337 g/mol. The summed E-state index contributed by atoms with van der Waals surface area (Å²) in [6.07, 6.45) is 3.04. The normalized spacial score (nSPS) is 17.6. The second kappa shape index (κ2) is 7.79.